The van der Waals surface area contributed by atoms with Gasteiger partial charge in [-0.05, 0) is 12.3 Å². The molecule has 1 aliphatic rings. The summed E-state index contributed by atoms with van der Waals surface area (Å²) >= 11 is 0. The van der Waals surface area contributed by atoms with Crippen LogP contribution in [0.5, 0.6) is 0 Å². The third-order valence-electron chi connectivity index (χ3n) is 3.13. The standard InChI is InChI=1S/C12H19F3O2/c13-12(14,15)8-9-17-11(16)7-6-10-4-2-1-3-5-10/h10H,1-9H2. The zero-order valence-electron chi connectivity index (χ0n) is 9.89. The quantitative estimate of drug-likeness (QED) is 0.695. The van der Waals surface area contributed by atoms with E-state index in [0.29, 0.717) is 5.92 Å². The average molecular weight is 252 g/mol. The van der Waals surface area contributed by atoms with E-state index in [1.807, 2.05) is 0 Å². The second-order valence-electron chi connectivity index (χ2n) is 4.63. The van der Waals surface area contributed by atoms with Gasteiger partial charge in [0.25, 0.3) is 0 Å². The van der Waals surface area contributed by atoms with Crippen LogP contribution in [0.1, 0.15) is 51.4 Å². The molecule has 1 rings (SSSR count). The molecule has 0 aromatic rings. The van der Waals surface area contributed by atoms with Gasteiger partial charge in [0.1, 0.15) is 0 Å². The molecule has 1 aliphatic carbocycles. The zero-order chi connectivity index (χ0) is 12.7. The van der Waals surface area contributed by atoms with Crippen molar-refractivity contribution in [1.82, 2.24) is 0 Å². The fourth-order valence-electron chi connectivity index (χ4n) is 2.15. The Morgan fingerprint density at radius 1 is 1.18 bits per heavy atom. The first-order valence-electron chi connectivity index (χ1n) is 6.20. The maximum absolute atomic E-state index is 11.8. The number of carbonyl (C=O) groups is 1. The number of ether oxygens (including phenoxy) is 1. The van der Waals surface area contributed by atoms with E-state index in [-0.39, 0.29) is 6.42 Å². The molecule has 0 aromatic heterocycles. The molecule has 100 valence electrons. The van der Waals surface area contributed by atoms with Crippen LogP contribution in [0.15, 0.2) is 0 Å². The van der Waals surface area contributed by atoms with Crippen molar-refractivity contribution in [3.05, 3.63) is 0 Å². The van der Waals surface area contributed by atoms with E-state index in [4.69, 9.17) is 0 Å². The van der Waals surface area contributed by atoms with Crippen LogP contribution in [0.4, 0.5) is 13.2 Å². The number of carbonyl (C=O) groups excluding carboxylic acids is 1. The molecule has 0 atom stereocenters. The van der Waals surface area contributed by atoms with Crippen LogP contribution < -0.4 is 0 Å². The summed E-state index contributed by atoms with van der Waals surface area (Å²) in [6.45, 7) is -0.549. The number of esters is 1. The molecule has 0 radical (unpaired) electrons. The molecule has 1 fully saturated rings. The number of alkyl halides is 3. The zero-order valence-corrected chi connectivity index (χ0v) is 9.89. The molecule has 0 aromatic carbocycles. The molecule has 0 unspecified atom stereocenters. The third-order valence-corrected chi connectivity index (χ3v) is 3.13. The van der Waals surface area contributed by atoms with Gasteiger partial charge in [-0.2, -0.15) is 13.2 Å². The Morgan fingerprint density at radius 2 is 1.82 bits per heavy atom. The van der Waals surface area contributed by atoms with Gasteiger partial charge in [-0.1, -0.05) is 32.1 Å². The Morgan fingerprint density at radius 3 is 2.41 bits per heavy atom. The summed E-state index contributed by atoms with van der Waals surface area (Å²) in [5.41, 5.74) is 0. The van der Waals surface area contributed by atoms with Crippen molar-refractivity contribution >= 4 is 5.97 Å². The highest BCUT2D eigenvalue weighted by atomic mass is 19.4. The van der Waals surface area contributed by atoms with Gasteiger partial charge in [0, 0.05) is 6.42 Å². The molecule has 0 saturated heterocycles. The van der Waals surface area contributed by atoms with Crippen molar-refractivity contribution in [1.29, 1.82) is 0 Å². The van der Waals surface area contributed by atoms with Crippen LogP contribution in [-0.2, 0) is 9.53 Å². The van der Waals surface area contributed by atoms with Gasteiger partial charge in [0.05, 0.1) is 13.0 Å². The Kier molecular flexibility index (Phi) is 5.78. The molecular formula is C12H19F3O2. The summed E-state index contributed by atoms with van der Waals surface area (Å²) in [7, 11) is 0. The van der Waals surface area contributed by atoms with Crippen molar-refractivity contribution in [3.8, 4) is 0 Å². The van der Waals surface area contributed by atoms with E-state index in [9.17, 15) is 18.0 Å². The van der Waals surface area contributed by atoms with Gasteiger partial charge < -0.3 is 4.74 Å². The minimum atomic E-state index is -4.25. The third kappa shape index (κ3) is 7.23. The highest BCUT2D eigenvalue weighted by Gasteiger charge is 2.27. The van der Waals surface area contributed by atoms with Crippen LogP contribution in [0, 0.1) is 5.92 Å². The largest absolute Gasteiger partial charge is 0.465 e. The van der Waals surface area contributed by atoms with Crippen LogP contribution in [0.25, 0.3) is 0 Å². The van der Waals surface area contributed by atoms with Crippen molar-refractivity contribution in [2.45, 2.75) is 57.5 Å². The van der Waals surface area contributed by atoms with Gasteiger partial charge in [-0.15, -0.1) is 0 Å². The molecule has 0 spiro atoms. The number of halogens is 3. The molecule has 0 N–H and O–H groups in total. The van der Waals surface area contributed by atoms with Gasteiger partial charge >= 0.3 is 12.1 Å². The average Bonchev–Trinajstić information content (AvgIpc) is 2.26. The molecule has 0 amide bonds. The maximum Gasteiger partial charge on any atom is 0.392 e. The fraction of sp³-hybridized carbons (Fsp3) is 0.917. The number of hydrogen-bond acceptors (Lipinski definition) is 2. The van der Waals surface area contributed by atoms with Gasteiger partial charge in [0.15, 0.2) is 0 Å². The van der Waals surface area contributed by atoms with Crippen LogP contribution in [0.3, 0.4) is 0 Å². The fourth-order valence-corrected chi connectivity index (χ4v) is 2.15. The minimum absolute atomic E-state index is 0.253. The smallest absolute Gasteiger partial charge is 0.392 e. The Hall–Kier alpha value is -0.740. The van der Waals surface area contributed by atoms with E-state index in [1.165, 1.54) is 19.3 Å². The van der Waals surface area contributed by atoms with Crippen LogP contribution in [-0.4, -0.2) is 18.8 Å². The SMILES string of the molecule is O=C(CCC1CCCCC1)OCCC(F)(F)F. The molecule has 0 heterocycles. The van der Waals surface area contributed by atoms with E-state index in [2.05, 4.69) is 4.74 Å². The van der Waals surface area contributed by atoms with Gasteiger partial charge in [-0.25, -0.2) is 0 Å². The number of hydrogen-bond donors (Lipinski definition) is 0. The predicted octanol–water partition coefficient (Wildman–Crippen LogP) is 3.84. The van der Waals surface area contributed by atoms with E-state index < -0.39 is 25.2 Å². The lowest BCUT2D eigenvalue weighted by atomic mass is 9.86. The molecule has 1 saturated carbocycles. The van der Waals surface area contributed by atoms with E-state index in [1.54, 1.807) is 0 Å². The van der Waals surface area contributed by atoms with Crippen molar-refractivity contribution in [2.24, 2.45) is 5.92 Å². The van der Waals surface area contributed by atoms with Crippen molar-refractivity contribution in [2.75, 3.05) is 6.61 Å². The first-order valence-corrected chi connectivity index (χ1v) is 6.20. The Labute approximate surface area is 99.5 Å². The first kappa shape index (κ1) is 14.3. The van der Waals surface area contributed by atoms with Crippen LogP contribution in [0.2, 0.25) is 0 Å². The summed E-state index contributed by atoms with van der Waals surface area (Å²) in [5.74, 6) is 0.0544. The molecular weight excluding hydrogens is 233 g/mol. The second kappa shape index (κ2) is 6.87. The molecule has 0 aliphatic heterocycles. The number of rotatable bonds is 5. The van der Waals surface area contributed by atoms with Crippen molar-refractivity contribution in [3.63, 3.8) is 0 Å². The lowest BCUT2D eigenvalue weighted by Gasteiger charge is -2.20. The highest BCUT2D eigenvalue weighted by molar-refractivity contribution is 5.69. The lowest BCUT2D eigenvalue weighted by Crippen LogP contribution is -2.15. The first-order chi connectivity index (χ1) is 7.97. The highest BCUT2D eigenvalue weighted by Crippen LogP contribution is 2.27. The topological polar surface area (TPSA) is 26.3 Å². The van der Waals surface area contributed by atoms with E-state index in [0.717, 1.165) is 19.3 Å². The summed E-state index contributed by atoms with van der Waals surface area (Å²) in [5, 5.41) is 0. The normalized spacial score (nSPS) is 18.1. The molecule has 2 nitrogen and oxygen atoms in total. The molecule has 5 heteroatoms. The minimum Gasteiger partial charge on any atom is -0.465 e. The summed E-state index contributed by atoms with van der Waals surface area (Å²) in [6.07, 6.45) is 1.64. The molecule has 17 heavy (non-hydrogen) atoms. The van der Waals surface area contributed by atoms with Gasteiger partial charge in [-0.3, -0.25) is 4.79 Å². The lowest BCUT2D eigenvalue weighted by molar-refractivity contribution is -0.159. The van der Waals surface area contributed by atoms with Crippen molar-refractivity contribution < 1.29 is 22.7 Å². The van der Waals surface area contributed by atoms with Crippen LogP contribution >= 0.6 is 0 Å². The summed E-state index contributed by atoms with van der Waals surface area (Å²) in [6, 6.07) is 0. The van der Waals surface area contributed by atoms with Gasteiger partial charge in [0.2, 0.25) is 0 Å². The molecule has 0 bridgehead atoms. The van der Waals surface area contributed by atoms with E-state index >= 15 is 0 Å². The summed E-state index contributed by atoms with van der Waals surface area (Å²) < 4.78 is 39.9. The maximum atomic E-state index is 11.8. The predicted molar refractivity (Wildman–Crippen MR) is 57.4 cm³/mol. The Balaban J connectivity index is 2.04. The monoisotopic (exact) mass is 252 g/mol. The summed E-state index contributed by atoms with van der Waals surface area (Å²) in [4.78, 5) is 11.2. The second-order valence-corrected chi connectivity index (χ2v) is 4.63. The Bertz CT molecular complexity index is 232.